The predicted octanol–water partition coefficient (Wildman–Crippen LogP) is 5.93. The van der Waals surface area contributed by atoms with Crippen molar-refractivity contribution in [3.05, 3.63) is 84.5 Å². The number of nitrogens with zero attached hydrogens (tertiary/aromatic N) is 2. The Morgan fingerprint density at radius 2 is 1.92 bits per heavy atom. The van der Waals surface area contributed by atoms with Gasteiger partial charge in [-0.25, -0.2) is 0 Å². The molecule has 0 bridgehead atoms. The van der Waals surface area contributed by atoms with E-state index in [0.717, 1.165) is 0 Å². The summed E-state index contributed by atoms with van der Waals surface area (Å²) in [6, 6.07) is 12.9. The molecule has 0 radical (unpaired) electrons. The average molecular weight is 408 g/mol. The Morgan fingerprint density at radius 1 is 1.15 bits per heavy atom. The van der Waals surface area contributed by atoms with Gasteiger partial charge in [0, 0.05) is 17.3 Å². The molecule has 1 heterocycles. The smallest absolute Gasteiger partial charge is 0.292 e. The number of hydrogen-bond donors (Lipinski definition) is 2. The number of nitro benzene ring substituents is 1. The lowest BCUT2D eigenvalue weighted by Gasteiger charge is -2.10. The number of anilines is 2. The molecule has 132 valence electrons. The highest BCUT2D eigenvalue weighted by atomic mass is 35.5. The van der Waals surface area contributed by atoms with E-state index in [1.807, 2.05) is 0 Å². The van der Waals surface area contributed by atoms with E-state index in [2.05, 4.69) is 10.5 Å². The van der Waals surface area contributed by atoms with E-state index >= 15 is 0 Å². The molecule has 0 spiro atoms. The molecule has 26 heavy (non-hydrogen) atoms. The van der Waals surface area contributed by atoms with Crippen molar-refractivity contribution < 1.29 is 10.1 Å². The molecule has 0 unspecified atom stereocenters. The fraction of sp³-hybridized carbons (Fsp3) is 0. The van der Waals surface area contributed by atoms with Crippen molar-refractivity contribution in [1.29, 1.82) is 0 Å². The summed E-state index contributed by atoms with van der Waals surface area (Å²) in [6.45, 7) is 0. The van der Waals surface area contributed by atoms with Crippen LogP contribution in [-0.4, -0.2) is 15.8 Å². The maximum absolute atomic E-state index is 11.1. The predicted molar refractivity (Wildman–Crippen MR) is 105 cm³/mol. The highest BCUT2D eigenvalue weighted by Crippen LogP contribution is 2.32. The highest BCUT2D eigenvalue weighted by Gasteiger charge is 2.17. The van der Waals surface area contributed by atoms with E-state index in [-0.39, 0.29) is 11.4 Å². The Bertz CT molecular complexity index is 1000. The van der Waals surface area contributed by atoms with E-state index in [9.17, 15) is 15.3 Å². The average Bonchev–Trinajstić information content (AvgIpc) is 3.03. The molecule has 6 nitrogen and oxygen atoms in total. The van der Waals surface area contributed by atoms with Crippen molar-refractivity contribution in [2.75, 3.05) is 5.32 Å². The number of halogens is 2. The summed E-state index contributed by atoms with van der Waals surface area (Å²) in [7, 11) is 0. The number of benzene rings is 2. The second-order valence-electron chi connectivity index (χ2n) is 5.14. The van der Waals surface area contributed by atoms with Gasteiger partial charge in [0.25, 0.3) is 5.69 Å². The Hall–Kier alpha value is -2.61. The van der Waals surface area contributed by atoms with Crippen LogP contribution in [0.1, 0.15) is 10.4 Å². The van der Waals surface area contributed by atoms with Gasteiger partial charge < -0.3 is 10.5 Å². The van der Waals surface area contributed by atoms with E-state index < -0.39 is 4.92 Å². The molecule has 9 heteroatoms. The normalized spacial score (nSPS) is 11.4. The van der Waals surface area contributed by atoms with Crippen molar-refractivity contribution in [3.8, 4) is 0 Å². The second kappa shape index (κ2) is 7.74. The number of nitro groups is 1. The molecule has 1 aromatic heterocycles. The lowest BCUT2D eigenvalue weighted by atomic mass is 10.1. The summed E-state index contributed by atoms with van der Waals surface area (Å²) in [6.07, 6.45) is 0. The van der Waals surface area contributed by atoms with Crippen molar-refractivity contribution in [2.24, 2.45) is 5.16 Å². The Labute approximate surface area is 162 Å². The summed E-state index contributed by atoms with van der Waals surface area (Å²) in [5.74, 6) is 0. The number of oxime groups is 1. The van der Waals surface area contributed by atoms with Crippen LogP contribution in [0.25, 0.3) is 0 Å². The van der Waals surface area contributed by atoms with Gasteiger partial charge in [-0.1, -0.05) is 40.5 Å². The third-order valence-electron chi connectivity index (χ3n) is 3.54. The van der Waals surface area contributed by atoms with Crippen LogP contribution < -0.4 is 5.32 Å². The summed E-state index contributed by atoms with van der Waals surface area (Å²) >= 11 is 13.8. The molecule has 0 aliphatic heterocycles. The van der Waals surface area contributed by atoms with Crippen LogP contribution in [0.2, 0.25) is 10.0 Å². The quantitative estimate of drug-likeness (QED) is 0.237. The van der Waals surface area contributed by atoms with Crippen LogP contribution in [0, 0.1) is 10.1 Å². The largest absolute Gasteiger partial charge is 0.410 e. The molecule has 2 N–H and O–H groups in total. The van der Waals surface area contributed by atoms with E-state index in [1.165, 1.54) is 17.4 Å². The van der Waals surface area contributed by atoms with Crippen LogP contribution in [0.15, 0.2) is 59.1 Å². The van der Waals surface area contributed by atoms with Crippen LogP contribution in [-0.2, 0) is 0 Å². The second-order valence-corrected chi connectivity index (χ2v) is 6.87. The maximum atomic E-state index is 11.1. The highest BCUT2D eigenvalue weighted by molar-refractivity contribution is 7.13. The molecular weight excluding hydrogens is 397 g/mol. The van der Waals surface area contributed by atoms with Gasteiger partial charge in [0.05, 0.1) is 19.8 Å². The van der Waals surface area contributed by atoms with Gasteiger partial charge in [-0.15, -0.1) is 11.3 Å². The zero-order valence-electron chi connectivity index (χ0n) is 13.0. The van der Waals surface area contributed by atoms with Gasteiger partial charge in [-0.3, -0.25) is 10.1 Å². The number of rotatable bonds is 5. The molecule has 0 aliphatic carbocycles. The molecular formula is C17H11Cl2N3O3S. The summed E-state index contributed by atoms with van der Waals surface area (Å²) < 4.78 is 0. The first-order valence-electron chi connectivity index (χ1n) is 7.27. The monoisotopic (exact) mass is 407 g/mol. The lowest BCUT2D eigenvalue weighted by Crippen LogP contribution is -2.03. The first-order valence-corrected chi connectivity index (χ1v) is 8.90. The molecule has 0 aliphatic rings. The number of para-hydroxylation sites is 2. The van der Waals surface area contributed by atoms with E-state index in [0.29, 0.717) is 31.9 Å². The van der Waals surface area contributed by atoms with Gasteiger partial charge in [0.1, 0.15) is 11.4 Å². The minimum atomic E-state index is -0.465. The van der Waals surface area contributed by atoms with Crippen molar-refractivity contribution >= 4 is 57.3 Å². The first kappa shape index (κ1) is 18.2. The summed E-state index contributed by atoms with van der Waals surface area (Å²) in [5.41, 5.74) is 1.61. The van der Waals surface area contributed by atoms with Gasteiger partial charge in [0.2, 0.25) is 0 Å². The van der Waals surface area contributed by atoms with Gasteiger partial charge in [-0.05, 0) is 35.7 Å². The zero-order chi connectivity index (χ0) is 18.7. The molecule has 3 rings (SSSR count). The minimum Gasteiger partial charge on any atom is -0.410 e. The number of thiophene rings is 1. The molecule has 0 saturated carbocycles. The molecule has 2 aromatic carbocycles. The van der Waals surface area contributed by atoms with Gasteiger partial charge in [0.15, 0.2) is 0 Å². The third kappa shape index (κ3) is 3.65. The minimum absolute atomic E-state index is 0.0457. The molecule has 0 amide bonds. The van der Waals surface area contributed by atoms with Gasteiger partial charge in [-0.2, -0.15) is 0 Å². The fourth-order valence-corrected chi connectivity index (χ4v) is 3.78. The standard InChI is InChI=1S/C17H11Cl2N3O3S/c18-12-7-8-26-17(12)16(21-23)11-6-5-10(9-13(11)19)20-14-3-1-2-4-15(14)22(24)25/h1-9,20,23H/b21-16-. The Kier molecular flexibility index (Phi) is 5.41. The van der Waals surface area contributed by atoms with Crippen LogP contribution >= 0.6 is 34.5 Å². The lowest BCUT2D eigenvalue weighted by molar-refractivity contribution is -0.383. The topological polar surface area (TPSA) is 87.8 Å². The van der Waals surface area contributed by atoms with Crippen LogP contribution in [0.4, 0.5) is 17.1 Å². The maximum Gasteiger partial charge on any atom is 0.292 e. The zero-order valence-corrected chi connectivity index (χ0v) is 15.3. The van der Waals surface area contributed by atoms with E-state index in [4.69, 9.17) is 23.2 Å². The van der Waals surface area contributed by atoms with E-state index in [1.54, 1.807) is 47.8 Å². The SMILES string of the molecule is O=[N+]([O-])c1ccccc1Nc1ccc(/C(=N/O)c2sccc2Cl)c(Cl)c1. The number of hydrogen-bond acceptors (Lipinski definition) is 6. The summed E-state index contributed by atoms with van der Waals surface area (Å²) in [4.78, 5) is 11.2. The molecule has 3 aromatic rings. The summed E-state index contributed by atoms with van der Waals surface area (Å²) in [5, 5.41) is 29.3. The molecule has 0 saturated heterocycles. The van der Waals surface area contributed by atoms with Crippen molar-refractivity contribution in [3.63, 3.8) is 0 Å². The first-order chi connectivity index (χ1) is 12.5. The Morgan fingerprint density at radius 3 is 2.54 bits per heavy atom. The molecule has 0 fully saturated rings. The van der Waals surface area contributed by atoms with Crippen LogP contribution in [0.5, 0.6) is 0 Å². The third-order valence-corrected chi connectivity index (χ3v) is 5.20. The fourth-order valence-electron chi connectivity index (χ4n) is 2.36. The Balaban J connectivity index is 1.94. The van der Waals surface area contributed by atoms with Crippen LogP contribution in [0.3, 0.4) is 0 Å². The van der Waals surface area contributed by atoms with Gasteiger partial charge >= 0.3 is 0 Å². The van der Waals surface area contributed by atoms with Crippen molar-refractivity contribution in [1.82, 2.24) is 0 Å². The molecule has 0 atom stereocenters. The number of nitrogens with one attached hydrogen (secondary N) is 1. The van der Waals surface area contributed by atoms with Crippen molar-refractivity contribution in [2.45, 2.75) is 0 Å².